The summed E-state index contributed by atoms with van der Waals surface area (Å²) < 4.78 is 0. The van der Waals surface area contributed by atoms with Crippen LogP contribution < -0.4 is 0 Å². The van der Waals surface area contributed by atoms with Gasteiger partial charge >= 0.3 is 5.97 Å². The lowest BCUT2D eigenvalue weighted by Crippen LogP contribution is -2.21. The van der Waals surface area contributed by atoms with Crippen molar-refractivity contribution in [3.63, 3.8) is 0 Å². The Morgan fingerprint density at radius 2 is 1.73 bits per heavy atom. The van der Waals surface area contributed by atoms with Gasteiger partial charge in [-0.05, 0) is 68.4 Å². The number of aliphatic hydroxyl groups excluding tert-OH is 1. The Kier molecular flexibility index (Phi) is 11.7. The van der Waals surface area contributed by atoms with Crippen molar-refractivity contribution in [1.82, 2.24) is 0 Å². The monoisotopic (exact) mass is 446 g/mol. The molecular formula is C25H31ClO3S. The maximum absolute atomic E-state index is 10.7. The Morgan fingerprint density at radius 1 is 1.00 bits per heavy atom. The Labute approximate surface area is 189 Å². The molecule has 0 saturated carbocycles. The van der Waals surface area contributed by atoms with Crippen molar-refractivity contribution in [1.29, 1.82) is 0 Å². The fourth-order valence-corrected chi connectivity index (χ4v) is 4.40. The smallest absolute Gasteiger partial charge is 0.303 e. The first-order valence-electron chi connectivity index (χ1n) is 10.6. The quantitative estimate of drug-likeness (QED) is 0.191. The zero-order valence-corrected chi connectivity index (χ0v) is 18.8. The van der Waals surface area contributed by atoms with Gasteiger partial charge in [0.2, 0.25) is 0 Å². The maximum atomic E-state index is 10.7. The van der Waals surface area contributed by atoms with Gasteiger partial charge in [0.15, 0.2) is 0 Å². The van der Waals surface area contributed by atoms with Gasteiger partial charge in [0, 0.05) is 16.3 Å². The van der Waals surface area contributed by atoms with Gasteiger partial charge in [-0.1, -0.05) is 60.5 Å². The highest BCUT2D eigenvalue weighted by molar-refractivity contribution is 8.00. The predicted octanol–water partition coefficient (Wildman–Crippen LogP) is 6.78. The lowest BCUT2D eigenvalue weighted by atomic mass is 10.1. The summed E-state index contributed by atoms with van der Waals surface area (Å²) in [6.07, 6.45) is 10.2. The molecule has 0 fully saturated rings. The number of halogens is 1. The van der Waals surface area contributed by atoms with Crippen LogP contribution in [0.2, 0.25) is 5.02 Å². The van der Waals surface area contributed by atoms with Crippen molar-refractivity contribution in [2.45, 2.75) is 67.6 Å². The van der Waals surface area contributed by atoms with Gasteiger partial charge in [0.25, 0.3) is 0 Å². The van der Waals surface area contributed by atoms with Crippen LogP contribution in [0.1, 0.15) is 50.5 Å². The molecule has 5 heteroatoms. The fourth-order valence-electron chi connectivity index (χ4n) is 3.19. The standard InChI is InChI=1S/C25H31ClO3S/c26-21-16-18-22(19-17-21)30-24(23(27)13-9-15-25(28)29)14-8-3-1-2-5-10-20-11-6-4-7-12-20/h4,6-8,11-12,14,16-19,23-24,27H,1-3,5,9-10,13,15H2,(H,28,29)/b14-8-/t23-,24+/m1/s1. The van der Waals surface area contributed by atoms with Crippen LogP contribution in [0.25, 0.3) is 0 Å². The molecule has 2 aromatic rings. The van der Waals surface area contributed by atoms with Crippen molar-refractivity contribution >= 4 is 29.3 Å². The van der Waals surface area contributed by atoms with Crippen LogP contribution in [0.3, 0.4) is 0 Å². The molecule has 2 aromatic carbocycles. The Balaban J connectivity index is 1.79. The summed E-state index contributed by atoms with van der Waals surface area (Å²) in [6, 6.07) is 18.1. The molecule has 0 aliphatic carbocycles. The molecule has 0 bridgehead atoms. The number of benzene rings is 2. The zero-order valence-electron chi connectivity index (χ0n) is 17.3. The summed E-state index contributed by atoms with van der Waals surface area (Å²) in [5.74, 6) is -0.824. The van der Waals surface area contributed by atoms with Crippen molar-refractivity contribution in [3.05, 3.63) is 77.3 Å². The molecule has 0 aliphatic heterocycles. The van der Waals surface area contributed by atoms with Crippen molar-refractivity contribution in [2.75, 3.05) is 0 Å². The van der Waals surface area contributed by atoms with Gasteiger partial charge in [0.05, 0.1) is 11.4 Å². The summed E-state index contributed by atoms with van der Waals surface area (Å²) in [5.41, 5.74) is 1.39. The number of thioether (sulfide) groups is 1. The van der Waals surface area contributed by atoms with Crippen LogP contribution in [0, 0.1) is 0 Å². The summed E-state index contributed by atoms with van der Waals surface area (Å²) >= 11 is 7.55. The third-order valence-electron chi connectivity index (χ3n) is 4.86. The van der Waals surface area contributed by atoms with E-state index in [1.54, 1.807) is 11.8 Å². The highest BCUT2D eigenvalue weighted by Crippen LogP contribution is 2.29. The molecule has 0 aromatic heterocycles. The van der Waals surface area contributed by atoms with Gasteiger partial charge in [-0.15, -0.1) is 11.8 Å². The van der Waals surface area contributed by atoms with Crippen LogP contribution in [-0.4, -0.2) is 27.5 Å². The third kappa shape index (κ3) is 10.3. The zero-order chi connectivity index (χ0) is 21.6. The number of aliphatic carboxylic acids is 1. The third-order valence-corrected chi connectivity index (χ3v) is 6.40. The van der Waals surface area contributed by atoms with Gasteiger partial charge in [-0.2, -0.15) is 0 Å². The normalized spacial score (nSPS) is 13.4. The van der Waals surface area contributed by atoms with Gasteiger partial charge < -0.3 is 10.2 Å². The van der Waals surface area contributed by atoms with E-state index in [9.17, 15) is 9.90 Å². The molecule has 3 nitrogen and oxygen atoms in total. The lowest BCUT2D eigenvalue weighted by Gasteiger charge is -2.19. The number of hydrogen-bond donors (Lipinski definition) is 2. The van der Waals surface area contributed by atoms with E-state index in [0.717, 1.165) is 24.2 Å². The first-order valence-corrected chi connectivity index (χ1v) is 11.8. The van der Waals surface area contributed by atoms with Gasteiger partial charge in [0.1, 0.15) is 0 Å². The largest absolute Gasteiger partial charge is 0.481 e. The van der Waals surface area contributed by atoms with Crippen LogP contribution in [0.15, 0.2) is 71.6 Å². The van der Waals surface area contributed by atoms with Crippen LogP contribution >= 0.6 is 23.4 Å². The summed E-state index contributed by atoms with van der Waals surface area (Å²) in [4.78, 5) is 11.8. The van der Waals surface area contributed by atoms with E-state index in [1.165, 1.54) is 18.4 Å². The highest BCUT2D eigenvalue weighted by Gasteiger charge is 2.18. The minimum absolute atomic E-state index is 0.0838. The first kappa shape index (κ1) is 24.5. The lowest BCUT2D eigenvalue weighted by molar-refractivity contribution is -0.137. The Bertz CT molecular complexity index is 762. The molecule has 0 aliphatic rings. The van der Waals surface area contributed by atoms with E-state index in [-0.39, 0.29) is 11.7 Å². The number of allylic oxidation sites excluding steroid dienone is 1. The second-order valence-corrected chi connectivity index (χ2v) is 9.09. The Morgan fingerprint density at radius 3 is 2.43 bits per heavy atom. The van der Waals surface area contributed by atoms with E-state index >= 15 is 0 Å². The molecule has 162 valence electrons. The minimum Gasteiger partial charge on any atom is -0.481 e. The SMILES string of the molecule is O=C(O)CCC[C@@H](O)[C@H](/C=C\CCCCCc1ccccc1)Sc1ccc(Cl)cc1. The molecule has 2 rings (SSSR count). The molecule has 0 radical (unpaired) electrons. The highest BCUT2D eigenvalue weighted by atomic mass is 35.5. The molecule has 2 atom stereocenters. The average Bonchev–Trinajstić information content (AvgIpc) is 2.74. The topological polar surface area (TPSA) is 57.5 Å². The molecule has 0 saturated heterocycles. The number of carboxylic acids is 1. The first-order chi connectivity index (χ1) is 14.5. The second-order valence-electron chi connectivity index (χ2n) is 7.40. The summed E-state index contributed by atoms with van der Waals surface area (Å²) in [7, 11) is 0. The molecule has 0 spiro atoms. The molecule has 0 heterocycles. The predicted molar refractivity (Wildman–Crippen MR) is 126 cm³/mol. The second kappa shape index (κ2) is 14.3. The van der Waals surface area contributed by atoms with E-state index in [0.29, 0.717) is 17.9 Å². The number of hydrogen-bond acceptors (Lipinski definition) is 3. The number of unbranched alkanes of at least 4 members (excludes halogenated alkanes) is 3. The van der Waals surface area contributed by atoms with Crippen LogP contribution in [0.4, 0.5) is 0 Å². The van der Waals surface area contributed by atoms with Crippen LogP contribution in [-0.2, 0) is 11.2 Å². The summed E-state index contributed by atoms with van der Waals surface area (Å²) in [5, 5.41) is 20.0. The van der Waals surface area contributed by atoms with Crippen molar-refractivity contribution < 1.29 is 15.0 Å². The maximum Gasteiger partial charge on any atom is 0.303 e. The van der Waals surface area contributed by atoms with Crippen molar-refractivity contribution in [3.8, 4) is 0 Å². The molecule has 30 heavy (non-hydrogen) atoms. The molecule has 0 unspecified atom stereocenters. The number of carboxylic acid groups (broad SMARTS) is 1. The van der Waals surface area contributed by atoms with Crippen LogP contribution in [0.5, 0.6) is 0 Å². The van der Waals surface area contributed by atoms with Crippen molar-refractivity contribution in [2.24, 2.45) is 0 Å². The van der Waals surface area contributed by atoms with Gasteiger partial charge in [-0.25, -0.2) is 0 Å². The molecular weight excluding hydrogens is 416 g/mol. The minimum atomic E-state index is -0.824. The number of rotatable bonds is 14. The van der Waals surface area contributed by atoms with E-state index in [2.05, 4.69) is 36.4 Å². The number of aryl methyl sites for hydroxylation is 1. The van der Waals surface area contributed by atoms with E-state index in [1.807, 2.05) is 30.3 Å². The van der Waals surface area contributed by atoms with E-state index in [4.69, 9.17) is 16.7 Å². The van der Waals surface area contributed by atoms with E-state index < -0.39 is 12.1 Å². The fraction of sp³-hybridized carbons (Fsp3) is 0.400. The average molecular weight is 447 g/mol. The summed E-state index contributed by atoms with van der Waals surface area (Å²) in [6.45, 7) is 0. The molecule has 0 amide bonds. The molecule has 2 N–H and O–H groups in total. The number of aliphatic hydroxyl groups is 1. The Hall–Kier alpha value is -1.75. The number of carbonyl (C=O) groups is 1. The van der Waals surface area contributed by atoms with Gasteiger partial charge in [-0.3, -0.25) is 4.79 Å².